The second-order valence-electron chi connectivity index (χ2n) is 29.7. The standard InChI is InChI=1S/C85H81N3/c1-50-20-15-24-58(38-50)86(59-25-16-21-51(2)39-59)62-32-36-66-64-34-30-54(42-70(64)83(9,10)72(66)48-62)56-44-74-79-76(46-56)85(13,14)77-47-57(45-75-80(77)88(79)78-68(81(74,5)6)28-19-29-69(78)82(75,7)8)55-31-35-65-67-37-33-63(49-73(67)84(11,12)71(65)43-55)87(60-26-17-22-52(3)40-60)61-27-18-23-53(4)41-61/h15-30,32-43,45-49,55-56H,31,44H2,1-14H3. The Hall–Kier alpha value is -8.66. The summed E-state index contributed by atoms with van der Waals surface area (Å²) in [5.41, 5.74) is 38.1. The highest BCUT2D eigenvalue weighted by Gasteiger charge is 2.55. The lowest BCUT2D eigenvalue weighted by Gasteiger charge is -2.58. The van der Waals surface area contributed by atoms with Crippen molar-refractivity contribution in [1.29, 1.82) is 0 Å². The molecular formula is C85H81N3. The number of rotatable bonds is 8. The molecule has 0 spiro atoms. The summed E-state index contributed by atoms with van der Waals surface area (Å²) in [7, 11) is 0. The Balaban J connectivity index is 0.790. The third-order valence-electron chi connectivity index (χ3n) is 22.3. The lowest BCUT2D eigenvalue weighted by Crippen LogP contribution is -2.48. The Morgan fingerprint density at radius 1 is 0.352 bits per heavy atom. The second kappa shape index (κ2) is 18.7. The van der Waals surface area contributed by atoms with Crippen molar-refractivity contribution in [1.82, 2.24) is 0 Å². The lowest BCUT2D eigenvalue weighted by atomic mass is 9.57. The number of para-hydroxylation sites is 1. The van der Waals surface area contributed by atoms with Gasteiger partial charge >= 0.3 is 0 Å². The number of fused-ring (bicyclic) bond motifs is 6. The summed E-state index contributed by atoms with van der Waals surface area (Å²) in [6.07, 6.45) is 9.94. The fourth-order valence-electron chi connectivity index (χ4n) is 17.4. The topological polar surface area (TPSA) is 9.72 Å². The van der Waals surface area contributed by atoms with Crippen LogP contribution in [-0.4, -0.2) is 0 Å². The molecule has 16 rings (SSSR count). The number of hydrogen-bond donors (Lipinski definition) is 0. The minimum Gasteiger partial charge on any atom is -0.310 e. The Morgan fingerprint density at radius 2 is 0.761 bits per heavy atom. The normalized spacial score (nSPS) is 20.0. The van der Waals surface area contributed by atoms with E-state index in [0.29, 0.717) is 0 Å². The predicted octanol–water partition coefficient (Wildman–Crippen LogP) is 22.7. The minimum absolute atomic E-state index is 0.177. The van der Waals surface area contributed by atoms with E-state index in [2.05, 4.69) is 312 Å². The molecular weight excluding hydrogens is 1060 g/mol. The van der Waals surface area contributed by atoms with Crippen LogP contribution < -0.4 is 14.7 Å². The van der Waals surface area contributed by atoms with Crippen LogP contribution in [0.25, 0.3) is 16.7 Å². The number of hydrogen-bond acceptors (Lipinski definition) is 3. The summed E-state index contributed by atoms with van der Waals surface area (Å²) in [5, 5.41) is 0. The van der Waals surface area contributed by atoms with Gasteiger partial charge in [-0.05, 0) is 225 Å². The van der Waals surface area contributed by atoms with E-state index in [1.165, 1.54) is 157 Å². The summed E-state index contributed by atoms with van der Waals surface area (Å²) in [6.45, 7) is 33.8. The summed E-state index contributed by atoms with van der Waals surface area (Å²) in [6, 6.07) is 70.3. The zero-order valence-electron chi connectivity index (χ0n) is 54.0. The maximum Gasteiger partial charge on any atom is 0.0543 e. The second-order valence-corrected chi connectivity index (χ2v) is 29.7. The number of benzene rings is 9. The number of anilines is 8. The highest BCUT2D eigenvalue weighted by atomic mass is 15.2. The zero-order chi connectivity index (χ0) is 60.9. The van der Waals surface area contributed by atoms with Gasteiger partial charge in [0, 0.05) is 73.0 Å². The van der Waals surface area contributed by atoms with Gasteiger partial charge in [-0.2, -0.15) is 0 Å². The van der Waals surface area contributed by atoms with Crippen LogP contribution >= 0.6 is 0 Å². The molecule has 2 unspecified atom stereocenters. The average Bonchev–Trinajstić information content (AvgIpc) is 0.856. The molecule has 4 aliphatic carbocycles. The van der Waals surface area contributed by atoms with Crippen molar-refractivity contribution in [3.8, 4) is 11.1 Å². The van der Waals surface area contributed by atoms with E-state index in [0.717, 1.165) is 12.8 Å². The summed E-state index contributed by atoms with van der Waals surface area (Å²) in [4.78, 5) is 7.67. The monoisotopic (exact) mass is 1140 g/mol. The average molecular weight is 1140 g/mol. The van der Waals surface area contributed by atoms with Crippen LogP contribution in [0.1, 0.15) is 172 Å². The van der Waals surface area contributed by atoms with Gasteiger partial charge in [-0.3, -0.25) is 0 Å². The van der Waals surface area contributed by atoms with Crippen LogP contribution in [0, 0.1) is 27.7 Å². The van der Waals surface area contributed by atoms with E-state index in [1.807, 2.05) is 0 Å². The first-order chi connectivity index (χ1) is 42.0. The molecule has 9 aromatic rings. The van der Waals surface area contributed by atoms with Gasteiger partial charge in [0.2, 0.25) is 0 Å². The van der Waals surface area contributed by atoms with Crippen molar-refractivity contribution < 1.29 is 0 Å². The van der Waals surface area contributed by atoms with Crippen LogP contribution in [0.15, 0.2) is 223 Å². The minimum atomic E-state index is -0.280. The summed E-state index contributed by atoms with van der Waals surface area (Å²) >= 11 is 0. The van der Waals surface area contributed by atoms with Crippen LogP contribution in [0.3, 0.4) is 0 Å². The van der Waals surface area contributed by atoms with Gasteiger partial charge in [-0.15, -0.1) is 0 Å². The zero-order valence-corrected chi connectivity index (χ0v) is 54.0. The van der Waals surface area contributed by atoms with Crippen LogP contribution in [0.4, 0.5) is 45.5 Å². The largest absolute Gasteiger partial charge is 0.310 e. The Bertz CT molecular complexity index is 4580. The molecule has 0 amide bonds. The van der Waals surface area contributed by atoms with Crippen molar-refractivity contribution in [3.63, 3.8) is 0 Å². The number of aryl methyl sites for hydroxylation is 4. The molecule has 2 atom stereocenters. The SMILES string of the molecule is Cc1cccc(N(c2cccc(C)c2)c2ccc3c(c2)C(C)(C)C2=CC(c4cc5c6c(c4)C(C)(C)c4cccc7c4N6C4=C(CC(c6ccc8c(c6)C(C)(C)c6cc(N(c9cccc(C)c9)c9cccc(C)c9)ccc6-8)C=C4C5(C)C)C7(C)C)CC=C23)c1. The highest BCUT2D eigenvalue weighted by Crippen LogP contribution is 2.68. The highest BCUT2D eigenvalue weighted by molar-refractivity contribution is 5.96. The molecule has 0 saturated heterocycles. The van der Waals surface area contributed by atoms with Crippen molar-refractivity contribution in [2.45, 2.75) is 149 Å². The van der Waals surface area contributed by atoms with Gasteiger partial charge in [0.15, 0.2) is 0 Å². The molecule has 3 nitrogen and oxygen atoms in total. The molecule has 9 aromatic carbocycles. The summed E-state index contributed by atoms with van der Waals surface area (Å²) in [5.74, 6) is 0.438. The molecule has 0 radical (unpaired) electrons. The molecule has 0 bridgehead atoms. The summed E-state index contributed by atoms with van der Waals surface area (Å²) < 4.78 is 0. The van der Waals surface area contributed by atoms with E-state index < -0.39 is 0 Å². The molecule has 0 saturated carbocycles. The molecule has 3 heteroatoms. The Morgan fingerprint density at radius 3 is 1.31 bits per heavy atom. The van der Waals surface area contributed by atoms with Gasteiger partial charge in [-0.1, -0.05) is 197 Å². The maximum atomic E-state index is 2.79. The van der Waals surface area contributed by atoms with E-state index in [-0.39, 0.29) is 38.9 Å². The molecule has 0 N–H and O–H groups in total. The van der Waals surface area contributed by atoms with E-state index in [1.54, 1.807) is 5.57 Å². The van der Waals surface area contributed by atoms with E-state index >= 15 is 0 Å². The maximum absolute atomic E-state index is 2.79. The van der Waals surface area contributed by atoms with Crippen molar-refractivity contribution in [2.75, 3.05) is 14.7 Å². The first-order valence-corrected chi connectivity index (χ1v) is 32.3. The molecule has 3 heterocycles. The van der Waals surface area contributed by atoms with Crippen LogP contribution in [-0.2, 0) is 27.1 Å². The quantitative estimate of drug-likeness (QED) is 0.150. The Labute approximate surface area is 523 Å². The van der Waals surface area contributed by atoms with E-state index in [4.69, 9.17) is 0 Å². The van der Waals surface area contributed by atoms with Gasteiger partial charge in [0.05, 0.1) is 17.1 Å². The van der Waals surface area contributed by atoms with Gasteiger partial charge in [0.25, 0.3) is 0 Å². The lowest BCUT2D eigenvalue weighted by molar-refractivity contribution is 0.503. The van der Waals surface area contributed by atoms with Crippen molar-refractivity contribution >= 4 is 51.1 Å². The predicted molar refractivity (Wildman–Crippen MR) is 371 cm³/mol. The smallest absolute Gasteiger partial charge is 0.0543 e. The molecule has 88 heavy (non-hydrogen) atoms. The fourth-order valence-corrected chi connectivity index (χ4v) is 17.4. The number of allylic oxidation sites excluding steroid dienone is 7. The fraction of sp³-hybridized carbons (Fsp3) is 0.271. The van der Waals surface area contributed by atoms with Crippen molar-refractivity contribution in [2.24, 2.45) is 0 Å². The third-order valence-corrected chi connectivity index (χ3v) is 22.3. The molecule has 0 aromatic heterocycles. The third kappa shape index (κ3) is 7.74. The van der Waals surface area contributed by atoms with E-state index in [9.17, 15) is 0 Å². The first kappa shape index (κ1) is 54.7. The van der Waals surface area contributed by atoms with Crippen molar-refractivity contribution in [3.05, 3.63) is 301 Å². The van der Waals surface area contributed by atoms with Crippen LogP contribution in [0.5, 0.6) is 0 Å². The molecule has 0 fully saturated rings. The molecule has 3 aliphatic heterocycles. The molecule has 436 valence electrons. The van der Waals surface area contributed by atoms with Gasteiger partial charge in [0.1, 0.15) is 0 Å². The first-order valence-electron chi connectivity index (χ1n) is 32.3. The van der Waals surface area contributed by atoms with Crippen LogP contribution in [0.2, 0.25) is 0 Å². The Kier molecular flexibility index (Phi) is 11.6. The molecule has 7 aliphatic rings. The van der Waals surface area contributed by atoms with Gasteiger partial charge < -0.3 is 14.7 Å². The van der Waals surface area contributed by atoms with Gasteiger partial charge in [-0.25, -0.2) is 0 Å². The number of nitrogens with zero attached hydrogens (tertiary/aromatic N) is 3.